The van der Waals surface area contributed by atoms with E-state index in [1.54, 1.807) is 7.11 Å². The summed E-state index contributed by atoms with van der Waals surface area (Å²) in [5.41, 5.74) is 0.994. The molecule has 0 saturated carbocycles. The Hall–Kier alpha value is -2.06. The molecular weight excluding hydrogens is 230 g/mol. The molecule has 0 spiro atoms. The van der Waals surface area contributed by atoms with Crippen LogP contribution in [0.25, 0.3) is 0 Å². The van der Waals surface area contributed by atoms with Crippen LogP contribution in [-0.4, -0.2) is 26.1 Å². The first-order valence-electron chi connectivity index (χ1n) is 5.69. The molecule has 0 heterocycles. The number of nitrogens with one attached hydrogen (secondary N) is 2. The summed E-state index contributed by atoms with van der Waals surface area (Å²) < 4.78 is 5.25. The molecule has 0 aliphatic heterocycles. The zero-order chi connectivity index (χ0) is 13.4. The van der Waals surface area contributed by atoms with E-state index < -0.39 is 0 Å². The molecule has 1 aromatic carbocycles. The third-order valence-corrected chi connectivity index (χ3v) is 2.54. The first-order valence-corrected chi connectivity index (χ1v) is 5.69. The molecular formula is C13H17N3O2. The Bertz CT molecular complexity index is 440. The predicted molar refractivity (Wildman–Crippen MR) is 68.0 cm³/mol. The SMILES string of the molecule is COc1ccccc1[C@H](C)NCC(=O)NCC#N. The second kappa shape index (κ2) is 7.30. The average Bonchev–Trinajstić information content (AvgIpc) is 2.42. The van der Waals surface area contributed by atoms with Gasteiger partial charge in [0.05, 0.1) is 19.7 Å². The van der Waals surface area contributed by atoms with Gasteiger partial charge >= 0.3 is 0 Å². The first-order chi connectivity index (χ1) is 8.69. The number of carbonyl (C=O) groups is 1. The fourth-order valence-electron chi connectivity index (χ4n) is 1.58. The highest BCUT2D eigenvalue weighted by molar-refractivity contribution is 5.78. The van der Waals surface area contributed by atoms with E-state index in [-0.39, 0.29) is 25.0 Å². The van der Waals surface area contributed by atoms with Crippen molar-refractivity contribution in [3.63, 3.8) is 0 Å². The van der Waals surface area contributed by atoms with Crippen LogP contribution < -0.4 is 15.4 Å². The van der Waals surface area contributed by atoms with Gasteiger partial charge in [-0.3, -0.25) is 4.79 Å². The van der Waals surface area contributed by atoms with E-state index in [4.69, 9.17) is 10.00 Å². The Balaban J connectivity index is 2.52. The quantitative estimate of drug-likeness (QED) is 0.735. The van der Waals surface area contributed by atoms with Gasteiger partial charge in [-0.1, -0.05) is 18.2 Å². The molecule has 96 valence electrons. The standard InChI is InChI=1S/C13H17N3O2/c1-10(16-9-13(17)15-8-7-14)11-5-3-4-6-12(11)18-2/h3-6,10,16H,8-9H2,1-2H3,(H,15,17)/t10-/m0/s1. The van der Waals surface area contributed by atoms with Crippen LogP contribution in [0.2, 0.25) is 0 Å². The van der Waals surface area contributed by atoms with Crippen LogP contribution in [0.1, 0.15) is 18.5 Å². The van der Waals surface area contributed by atoms with Gasteiger partial charge in [-0.15, -0.1) is 0 Å². The Morgan fingerprint density at radius 3 is 2.89 bits per heavy atom. The number of hydrogen-bond donors (Lipinski definition) is 2. The van der Waals surface area contributed by atoms with Crippen LogP contribution in [0.4, 0.5) is 0 Å². The minimum Gasteiger partial charge on any atom is -0.496 e. The van der Waals surface area contributed by atoms with Crippen LogP contribution in [0, 0.1) is 11.3 Å². The zero-order valence-corrected chi connectivity index (χ0v) is 10.6. The summed E-state index contributed by atoms with van der Waals surface area (Å²) in [7, 11) is 1.62. The highest BCUT2D eigenvalue weighted by Gasteiger charge is 2.11. The lowest BCUT2D eigenvalue weighted by Crippen LogP contribution is -2.35. The van der Waals surface area contributed by atoms with Crippen molar-refractivity contribution in [2.75, 3.05) is 20.2 Å². The van der Waals surface area contributed by atoms with Crippen molar-refractivity contribution in [3.8, 4) is 11.8 Å². The van der Waals surface area contributed by atoms with E-state index in [9.17, 15) is 4.79 Å². The Morgan fingerprint density at radius 2 is 2.22 bits per heavy atom. The van der Waals surface area contributed by atoms with Crippen molar-refractivity contribution in [1.29, 1.82) is 5.26 Å². The third-order valence-electron chi connectivity index (χ3n) is 2.54. The highest BCUT2D eigenvalue weighted by atomic mass is 16.5. The predicted octanol–water partition coefficient (Wildman–Crippen LogP) is 0.986. The molecule has 2 N–H and O–H groups in total. The summed E-state index contributed by atoms with van der Waals surface area (Å²) in [6.07, 6.45) is 0. The lowest BCUT2D eigenvalue weighted by molar-refractivity contribution is -0.120. The van der Waals surface area contributed by atoms with Gasteiger partial charge in [-0.2, -0.15) is 5.26 Å². The van der Waals surface area contributed by atoms with Crippen molar-refractivity contribution in [3.05, 3.63) is 29.8 Å². The molecule has 0 bridgehead atoms. The molecule has 1 atom stereocenters. The second-order valence-electron chi connectivity index (χ2n) is 3.78. The fourth-order valence-corrected chi connectivity index (χ4v) is 1.58. The summed E-state index contributed by atoms with van der Waals surface area (Å²) in [6.45, 7) is 2.15. The van der Waals surface area contributed by atoms with Gasteiger partial charge in [0, 0.05) is 11.6 Å². The summed E-state index contributed by atoms with van der Waals surface area (Å²) in [5.74, 6) is 0.591. The van der Waals surface area contributed by atoms with Crippen molar-refractivity contribution in [1.82, 2.24) is 10.6 Å². The van der Waals surface area contributed by atoms with Gasteiger partial charge in [-0.05, 0) is 13.0 Å². The van der Waals surface area contributed by atoms with Crippen molar-refractivity contribution in [2.24, 2.45) is 0 Å². The fraction of sp³-hybridized carbons (Fsp3) is 0.385. The number of nitrogens with zero attached hydrogens (tertiary/aromatic N) is 1. The van der Waals surface area contributed by atoms with Crippen molar-refractivity contribution in [2.45, 2.75) is 13.0 Å². The maximum absolute atomic E-state index is 11.3. The number of methoxy groups -OCH3 is 1. The van der Waals surface area contributed by atoms with E-state index in [1.807, 2.05) is 37.3 Å². The van der Waals surface area contributed by atoms with E-state index in [2.05, 4.69) is 10.6 Å². The largest absolute Gasteiger partial charge is 0.496 e. The molecule has 0 aliphatic carbocycles. The zero-order valence-electron chi connectivity index (χ0n) is 10.6. The summed E-state index contributed by atoms with van der Waals surface area (Å²) in [4.78, 5) is 11.3. The third kappa shape index (κ3) is 4.07. The number of ether oxygens (including phenoxy) is 1. The Morgan fingerprint density at radius 1 is 1.50 bits per heavy atom. The van der Waals surface area contributed by atoms with Crippen LogP contribution in [0.15, 0.2) is 24.3 Å². The van der Waals surface area contributed by atoms with Gasteiger partial charge < -0.3 is 15.4 Å². The summed E-state index contributed by atoms with van der Waals surface area (Å²) in [5, 5.41) is 13.9. The molecule has 18 heavy (non-hydrogen) atoms. The number of amides is 1. The van der Waals surface area contributed by atoms with Gasteiger partial charge in [0.2, 0.25) is 5.91 Å². The molecule has 0 saturated heterocycles. The normalized spacial score (nSPS) is 11.4. The lowest BCUT2D eigenvalue weighted by atomic mass is 10.1. The molecule has 0 aromatic heterocycles. The van der Waals surface area contributed by atoms with Gasteiger partial charge in [0.25, 0.3) is 0 Å². The first kappa shape index (κ1) is 14.0. The van der Waals surface area contributed by atoms with Gasteiger partial charge in [0.1, 0.15) is 12.3 Å². The molecule has 5 nitrogen and oxygen atoms in total. The van der Waals surface area contributed by atoms with Crippen molar-refractivity contribution >= 4 is 5.91 Å². The molecule has 0 radical (unpaired) electrons. The molecule has 1 aromatic rings. The van der Waals surface area contributed by atoms with Gasteiger partial charge in [0.15, 0.2) is 0 Å². The van der Waals surface area contributed by atoms with E-state index >= 15 is 0 Å². The van der Waals surface area contributed by atoms with Crippen LogP contribution in [-0.2, 0) is 4.79 Å². The average molecular weight is 247 g/mol. The second-order valence-corrected chi connectivity index (χ2v) is 3.78. The molecule has 1 rings (SSSR count). The number of rotatable bonds is 6. The minimum atomic E-state index is -0.196. The summed E-state index contributed by atoms with van der Waals surface area (Å²) in [6, 6.07) is 9.50. The van der Waals surface area contributed by atoms with Crippen LogP contribution >= 0.6 is 0 Å². The lowest BCUT2D eigenvalue weighted by Gasteiger charge is -2.16. The molecule has 0 aliphatic rings. The van der Waals surface area contributed by atoms with Gasteiger partial charge in [-0.25, -0.2) is 0 Å². The van der Waals surface area contributed by atoms with Crippen LogP contribution in [0.5, 0.6) is 5.75 Å². The van der Waals surface area contributed by atoms with Crippen molar-refractivity contribution < 1.29 is 9.53 Å². The van der Waals surface area contributed by atoms with E-state index in [0.29, 0.717) is 0 Å². The minimum absolute atomic E-state index is 0.00557. The number of carbonyl (C=O) groups excluding carboxylic acids is 1. The molecule has 0 fully saturated rings. The molecule has 0 unspecified atom stereocenters. The maximum atomic E-state index is 11.3. The number of para-hydroxylation sites is 1. The number of hydrogen-bond acceptors (Lipinski definition) is 4. The number of benzene rings is 1. The molecule has 5 heteroatoms. The summed E-state index contributed by atoms with van der Waals surface area (Å²) >= 11 is 0. The van der Waals surface area contributed by atoms with E-state index in [1.165, 1.54) is 0 Å². The maximum Gasteiger partial charge on any atom is 0.234 e. The van der Waals surface area contributed by atoms with E-state index in [0.717, 1.165) is 11.3 Å². The smallest absolute Gasteiger partial charge is 0.234 e. The Kier molecular flexibility index (Phi) is 5.68. The monoisotopic (exact) mass is 247 g/mol. The highest BCUT2D eigenvalue weighted by Crippen LogP contribution is 2.23. The van der Waals surface area contributed by atoms with Crippen LogP contribution in [0.3, 0.4) is 0 Å². The Labute approximate surface area is 107 Å². The molecule has 1 amide bonds. The number of nitriles is 1. The topological polar surface area (TPSA) is 74.2 Å².